The summed E-state index contributed by atoms with van der Waals surface area (Å²) >= 11 is 0. The molecule has 0 aromatic rings. The van der Waals surface area contributed by atoms with Crippen LogP contribution in [0.25, 0.3) is 0 Å². The predicted molar refractivity (Wildman–Crippen MR) is 93.5 cm³/mol. The van der Waals surface area contributed by atoms with Crippen LogP contribution in [0.15, 0.2) is 23.9 Å². The number of carbonyl (C=O) groups excluding carboxylic acids is 1. The molecule has 0 aromatic carbocycles. The summed E-state index contributed by atoms with van der Waals surface area (Å²) in [5.74, 6) is 0.236. The van der Waals surface area contributed by atoms with Crippen molar-refractivity contribution in [1.29, 1.82) is 0 Å². The number of piperazine rings is 1. The average molecular weight is 335 g/mol. The zero-order valence-corrected chi connectivity index (χ0v) is 14.6. The molecule has 5 heteroatoms. The van der Waals surface area contributed by atoms with E-state index in [4.69, 9.17) is 0 Å². The fourth-order valence-electron chi connectivity index (χ4n) is 2.76. The van der Waals surface area contributed by atoms with Gasteiger partial charge in [-0.15, -0.1) is 24.8 Å². The average Bonchev–Trinajstić information content (AvgIpc) is 2.44. The van der Waals surface area contributed by atoms with Crippen LogP contribution < -0.4 is 0 Å². The molecule has 0 unspecified atom stereocenters. The smallest absolute Gasteiger partial charge is 0.161 e. The number of nitrogens with zero attached hydrogens (tertiary/aromatic N) is 2. The van der Waals surface area contributed by atoms with E-state index in [1.807, 2.05) is 6.08 Å². The number of unbranched alkanes of at least 4 members (excludes halogenated alkanes) is 3. The van der Waals surface area contributed by atoms with Gasteiger partial charge in [0.1, 0.15) is 0 Å². The van der Waals surface area contributed by atoms with Gasteiger partial charge in [-0.3, -0.25) is 9.69 Å². The highest BCUT2D eigenvalue weighted by Gasteiger charge is 2.18. The van der Waals surface area contributed by atoms with E-state index in [0.29, 0.717) is 6.42 Å². The van der Waals surface area contributed by atoms with Crippen molar-refractivity contribution in [1.82, 2.24) is 9.80 Å². The molecule has 2 aliphatic rings. The first kappa shape index (κ1) is 20.5. The lowest BCUT2D eigenvalue weighted by atomic mass is 10.1. The molecular formula is C16H28Cl2N2O. The van der Waals surface area contributed by atoms with E-state index in [0.717, 1.165) is 31.9 Å². The molecule has 0 spiro atoms. The molecular weight excluding hydrogens is 307 g/mol. The maximum absolute atomic E-state index is 11.4. The van der Waals surface area contributed by atoms with Crippen molar-refractivity contribution >= 4 is 30.6 Å². The maximum Gasteiger partial charge on any atom is 0.161 e. The van der Waals surface area contributed by atoms with Crippen molar-refractivity contribution in [2.24, 2.45) is 0 Å². The highest BCUT2D eigenvalue weighted by molar-refractivity contribution is 5.93. The first-order valence-corrected chi connectivity index (χ1v) is 7.68. The van der Waals surface area contributed by atoms with Gasteiger partial charge in [-0.25, -0.2) is 0 Å². The van der Waals surface area contributed by atoms with Crippen molar-refractivity contribution in [3.63, 3.8) is 0 Å². The van der Waals surface area contributed by atoms with E-state index in [1.165, 1.54) is 32.2 Å². The summed E-state index contributed by atoms with van der Waals surface area (Å²) in [5, 5.41) is 0. The van der Waals surface area contributed by atoms with Crippen LogP contribution in [0.3, 0.4) is 0 Å². The predicted octanol–water partition coefficient (Wildman–Crippen LogP) is 3.44. The first-order chi connectivity index (χ1) is 9.29. The molecule has 0 radical (unpaired) electrons. The highest BCUT2D eigenvalue weighted by Crippen LogP contribution is 2.15. The minimum absolute atomic E-state index is 0. The SMILES string of the molecule is CCCCCCN1CCN(C2=CC(=O)CC=C2)CC1.Cl.Cl. The van der Waals surface area contributed by atoms with E-state index in [9.17, 15) is 4.79 Å². The number of rotatable bonds is 6. The van der Waals surface area contributed by atoms with Gasteiger partial charge < -0.3 is 4.90 Å². The molecule has 1 saturated heterocycles. The highest BCUT2D eigenvalue weighted by atomic mass is 35.5. The van der Waals surface area contributed by atoms with Gasteiger partial charge in [-0.05, 0) is 19.0 Å². The summed E-state index contributed by atoms with van der Waals surface area (Å²) in [6, 6.07) is 0. The standard InChI is InChI=1S/C16H26N2O.2ClH/c1-2-3-4-5-9-17-10-12-18(13-11-17)15-7-6-8-16(19)14-15;;/h6-7,14H,2-5,8-13H2,1H3;2*1H. The lowest BCUT2D eigenvalue weighted by Crippen LogP contribution is -2.46. The largest absolute Gasteiger partial charge is 0.369 e. The topological polar surface area (TPSA) is 23.6 Å². The van der Waals surface area contributed by atoms with Crippen LogP contribution >= 0.6 is 24.8 Å². The third kappa shape index (κ3) is 6.86. The molecule has 1 aliphatic heterocycles. The van der Waals surface area contributed by atoms with E-state index in [2.05, 4.69) is 22.8 Å². The van der Waals surface area contributed by atoms with Crippen molar-refractivity contribution in [2.75, 3.05) is 32.7 Å². The molecule has 1 fully saturated rings. The van der Waals surface area contributed by atoms with Gasteiger partial charge in [-0.2, -0.15) is 0 Å². The molecule has 0 saturated carbocycles. The lowest BCUT2D eigenvalue weighted by Gasteiger charge is -2.37. The molecule has 21 heavy (non-hydrogen) atoms. The fraction of sp³-hybridized carbons (Fsp3) is 0.688. The van der Waals surface area contributed by atoms with Gasteiger partial charge >= 0.3 is 0 Å². The minimum atomic E-state index is 0. The Morgan fingerprint density at radius 1 is 1.05 bits per heavy atom. The molecule has 0 bridgehead atoms. The summed E-state index contributed by atoms with van der Waals surface area (Å²) in [7, 11) is 0. The number of ketones is 1. The Bertz CT molecular complexity index is 361. The lowest BCUT2D eigenvalue weighted by molar-refractivity contribution is -0.114. The molecule has 2 rings (SSSR count). The monoisotopic (exact) mass is 334 g/mol. The minimum Gasteiger partial charge on any atom is -0.369 e. The first-order valence-electron chi connectivity index (χ1n) is 7.68. The molecule has 1 heterocycles. The van der Waals surface area contributed by atoms with Crippen molar-refractivity contribution in [2.45, 2.75) is 39.0 Å². The third-order valence-electron chi connectivity index (χ3n) is 3.98. The number of halogens is 2. The van der Waals surface area contributed by atoms with Gasteiger partial charge in [0.15, 0.2) is 5.78 Å². The number of hydrogen-bond acceptors (Lipinski definition) is 3. The quantitative estimate of drug-likeness (QED) is 0.695. The van der Waals surface area contributed by atoms with Crippen LogP contribution in [-0.4, -0.2) is 48.3 Å². The third-order valence-corrected chi connectivity index (χ3v) is 3.98. The van der Waals surface area contributed by atoms with Crippen molar-refractivity contribution in [3.05, 3.63) is 23.9 Å². The maximum atomic E-state index is 11.4. The van der Waals surface area contributed by atoms with Crippen LogP contribution in [0, 0.1) is 0 Å². The summed E-state index contributed by atoms with van der Waals surface area (Å²) in [6.07, 6.45) is 11.8. The van der Waals surface area contributed by atoms with Gasteiger partial charge in [0, 0.05) is 44.4 Å². The van der Waals surface area contributed by atoms with E-state index < -0.39 is 0 Å². The van der Waals surface area contributed by atoms with Crippen LogP contribution in [0.1, 0.15) is 39.0 Å². The Kier molecular flexibility index (Phi) is 10.8. The second-order valence-corrected chi connectivity index (χ2v) is 5.53. The van der Waals surface area contributed by atoms with Crippen LogP contribution in [0.2, 0.25) is 0 Å². The second-order valence-electron chi connectivity index (χ2n) is 5.53. The summed E-state index contributed by atoms with van der Waals surface area (Å²) < 4.78 is 0. The summed E-state index contributed by atoms with van der Waals surface area (Å²) in [5.41, 5.74) is 1.11. The molecule has 3 nitrogen and oxygen atoms in total. The van der Waals surface area contributed by atoms with Gasteiger partial charge in [-0.1, -0.05) is 32.3 Å². The molecule has 0 aromatic heterocycles. The Morgan fingerprint density at radius 3 is 2.38 bits per heavy atom. The van der Waals surface area contributed by atoms with E-state index >= 15 is 0 Å². The zero-order valence-electron chi connectivity index (χ0n) is 12.9. The van der Waals surface area contributed by atoms with Gasteiger partial charge in [0.25, 0.3) is 0 Å². The normalized spacial score (nSPS) is 18.8. The molecule has 0 atom stereocenters. The van der Waals surface area contributed by atoms with Crippen LogP contribution in [-0.2, 0) is 4.79 Å². The summed E-state index contributed by atoms with van der Waals surface area (Å²) in [6.45, 7) is 7.86. The summed E-state index contributed by atoms with van der Waals surface area (Å²) in [4.78, 5) is 16.3. The van der Waals surface area contributed by atoms with Crippen LogP contribution in [0.5, 0.6) is 0 Å². The second kappa shape index (κ2) is 11.1. The van der Waals surface area contributed by atoms with E-state index in [-0.39, 0.29) is 30.6 Å². The molecule has 0 amide bonds. The van der Waals surface area contributed by atoms with Gasteiger partial charge in [0.05, 0.1) is 0 Å². The molecule has 0 N–H and O–H groups in total. The van der Waals surface area contributed by atoms with Crippen molar-refractivity contribution in [3.8, 4) is 0 Å². The van der Waals surface area contributed by atoms with Gasteiger partial charge in [0.2, 0.25) is 0 Å². The number of allylic oxidation sites excluding steroid dienone is 3. The Hall–Kier alpha value is -0.510. The Labute approximate surface area is 141 Å². The molecule has 1 aliphatic carbocycles. The number of hydrogen-bond donors (Lipinski definition) is 0. The van der Waals surface area contributed by atoms with E-state index in [1.54, 1.807) is 6.08 Å². The zero-order chi connectivity index (χ0) is 13.5. The Morgan fingerprint density at radius 2 is 1.76 bits per heavy atom. The molecule has 122 valence electrons. The van der Waals surface area contributed by atoms with Crippen LogP contribution in [0.4, 0.5) is 0 Å². The number of carbonyl (C=O) groups is 1. The Balaban J connectivity index is 0.00000200. The fourth-order valence-corrected chi connectivity index (χ4v) is 2.76. The van der Waals surface area contributed by atoms with Crippen molar-refractivity contribution < 1.29 is 4.79 Å².